The number of aromatic nitrogens is 4. The Morgan fingerprint density at radius 1 is 1.24 bits per heavy atom. The predicted molar refractivity (Wildman–Crippen MR) is 117 cm³/mol. The molecule has 0 spiro atoms. The summed E-state index contributed by atoms with van der Waals surface area (Å²) in [5.74, 6) is -0.743. The Kier molecular flexibility index (Phi) is 5.87. The monoisotopic (exact) mass is 463 g/mol. The van der Waals surface area contributed by atoms with Crippen LogP contribution < -0.4 is 20.3 Å². The van der Waals surface area contributed by atoms with Crippen molar-refractivity contribution in [2.45, 2.75) is 32.1 Å². The van der Waals surface area contributed by atoms with Crippen molar-refractivity contribution < 1.29 is 22.7 Å². The molecule has 1 amide bonds. The third kappa shape index (κ3) is 4.56. The number of alkyl halides is 3. The lowest BCUT2D eigenvalue weighted by atomic mass is 10.0. The molecule has 33 heavy (non-hydrogen) atoms. The fourth-order valence-corrected chi connectivity index (χ4v) is 4.15. The van der Waals surface area contributed by atoms with Crippen LogP contribution in [0.4, 0.5) is 24.5 Å². The van der Waals surface area contributed by atoms with Gasteiger partial charge in [0.2, 0.25) is 0 Å². The van der Waals surface area contributed by atoms with Crippen LogP contribution in [-0.2, 0) is 13.2 Å². The first-order valence-electron chi connectivity index (χ1n) is 10.3. The molecule has 1 aliphatic rings. The minimum Gasteiger partial charge on any atom is -0.467 e. The van der Waals surface area contributed by atoms with Gasteiger partial charge in [-0.25, -0.2) is 4.98 Å². The third-order valence-corrected chi connectivity index (χ3v) is 5.38. The lowest BCUT2D eigenvalue weighted by Crippen LogP contribution is -2.54. The van der Waals surface area contributed by atoms with Crippen LogP contribution >= 0.6 is 0 Å². The number of carbonyl (C=O) groups excluding carboxylic acids is 1. The van der Waals surface area contributed by atoms with Gasteiger partial charge in [0, 0.05) is 55.7 Å². The van der Waals surface area contributed by atoms with Gasteiger partial charge < -0.3 is 20.3 Å². The maximum absolute atomic E-state index is 13.3. The second-order valence-electron chi connectivity index (χ2n) is 8.14. The Bertz CT molecular complexity index is 1180. The van der Waals surface area contributed by atoms with E-state index < -0.39 is 23.5 Å². The highest BCUT2D eigenvalue weighted by Crippen LogP contribution is 2.35. The van der Waals surface area contributed by atoms with E-state index in [-0.39, 0.29) is 29.2 Å². The summed E-state index contributed by atoms with van der Waals surface area (Å²) in [7, 11) is 2.75. The number of amides is 1. The van der Waals surface area contributed by atoms with E-state index >= 15 is 0 Å². The first kappa shape index (κ1) is 22.8. The molecule has 1 fully saturated rings. The quantitative estimate of drug-likeness (QED) is 0.614. The summed E-state index contributed by atoms with van der Waals surface area (Å²) < 4.78 is 46.1. The number of halogens is 3. The fraction of sp³-hybridized carbons (Fsp3) is 0.429. The van der Waals surface area contributed by atoms with Crippen molar-refractivity contribution >= 4 is 28.2 Å². The number of methoxy groups -OCH3 is 1. The van der Waals surface area contributed by atoms with Crippen molar-refractivity contribution in [2.24, 2.45) is 7.05 Å². The van der Waals surface area contributed by atoms with Crippen molar-refractivity contribution in [1.82, 2.24) is 25.1 Å². The molecule has 3 aromatic rings. The number of aryl methyl sites for hydroxylation is 1. The molecule has 1 saturated heterocycles. The number of nitrogens with zero attached hydrogens (tertiary/aromatic N) is 5. The van der Waals surface area contributed by atoms with Crippen molar-refractivity contribution in [3.63, 3.8) is 0 Å². The van der Waals surface area contributed by atoms with Crippen LogP contribution in [0.15, 0.2) is 24.5 Å². The molecule has 2 atom stereocenters. The van der Waals surface area contributed by atoms with Crippen LogP contribution in [0.1, 0.15) is 29.9 Å². The van der Waals surface area contributed by atoms with E-state index in [9.17, 15) is 18.0 Å². The Morgan fingerprint density at radius 3 is 2.58 bits per heavy atom. The van der Waals surface area contributed by atoms with Gasteiger partial charge in [0.05, 0.1) is 23.9 Å². The minimum atomic E-state index is -4.71. The molecule has 9 nitrogen and oxygen atoms in total. The lowest BCUT2D eigenvalue weighted by Gasteiger charge is -2.38. The van der Waals surface area contributed by atoms with Crippen LogP contribution in [0, 0.1) is 0 Å². The average molecular weight is 463 g/mol. The molecule has 0 radical (unpaired) electrons. The van der Waals surface area contributed by atoms with Crippen LogP contribution in [0.2, 0.25) is 0 Å². The summed E-state index contributed by atoms with van der Waals surface area (Å²) in [6, 6.07) is 3.87. The largest absolute Gasteiger partial charge is 0.467 e. The van der Waals surface area contributed by atoms with Gasteiger partial charge in [-0.2, -0.15) is 23.3 Å². The molecule has 0 bridgehead atoms. The fourth-order valence-electron chi connectivity index (χ4n) is 4.15. The number of carbonyl (C=O) groups is 1. The Labute approximate surface area is 187 Å². The molecule has 0 saturated carbocycles. The highest BCUT2D eigenvalue weighted by molar-refractivity contribution is 6.14. The number of hydrogen-bond acceptors (Lipinski definition) is 7. The standard InChI is InChI=1S/C21H24F3N7O2/c1-11-8-31(9-12(2)26-11)16-6-5-13(17-14(16)7-25-20(28-17)33-4)19(32)27-15-10-30(3)29-18(15)21(22,23)24/h5-7,10-12,26H,8-9H2,1-4H3,(H,27,32). The number of benzene rings is 1. The van der Waals surface area contributed by atoms with Crippen LogP contribution in [0.3, 0.4) is 0 Å². The number of fused-ring (bicyclic) bond motifs is 1. The highest BCUT2D eigenvalue weighted by atomic mass is 19.4. The van der Waals surface area contributed by atoms with Crippen molar-refractivity contribution in [3.8, 4) is 6.01 Å². The van der Waals surface area contributed by atoms with E-state index in [1.165, 1.54) is 14.2 Å². The molecule has 2 unspecified atom stereocenters. The molecule has 1 aromatic carbocycles. The first-order valence-corrected chi connectivity index (χ1v) is 10.3. The number of rotatable bonds is 4. The number of ether oxygens (including phenoxy) is 1. The number of nitrogens with one attached hydrogen (secondary N) is 2. The lowest BCUT2D eigenvalue weighted by molar-refractivity contribution is -0.140. The molecule has 12 heteroatoms. The minimum absolute atomic E-state index is 0.0492. The molecule has 2 N–H and O–H groups in total. The van der Waals surface area contributed by atoms with Gasteiger partial charge in [0.25, 0.3) is 5.91 Å². The van der Waals surface area contributed by atoms with E-state index in [1.807, 2.05) is 0 Å². The second-order valence-corrected chi connectivity index (χ2v) is 8.14. The predicted octanol–water partition coefficient (Wildman–Crippen LogP) is 2.83. The topological polar surface area (TPSA) is 97.2 Å². The van der Waals surface area contributed by atoms with Gasteiger partial charge in [-0.05, 0) is 26.0 Å². The summed E-state index contributed by atoms with van der Waals surface area (Å²) in [4.78, 5) is 23.8. The van der Waals surface area contributed by atoms with Gasteiger partial charge in [0.15, 0.2) is 5.69 Å². The maximum atomic E-state index is 13.3. The van der Waals surface area contributed by atoms with E-state index in [4.69, 9.17) is 4.74 Å². The van der Waals surface area contributed by atoms with Gasteiger partial charge in [-0.15, -0.1) is 0 Å². The van der Waals surface area contributed by atoms with Crippen molar-refractivity contribution in [2.75, 3.05) is 30.4 Å². The van der Waals surface area contributed by atoms with Crippen LogP contribution in [0.5, 0.6) is 6.01 Å². The van der Waals surface area contributed by atoms with Crippen molar-refractivity contribution in [3.05, 3.63) is 35.8 Å². The van der Waals surface area contributed by atoms with Gasteiger partial charge >= 0.3 is 12.2 Å². The zero-order valence-corrected chi connectivity index (χ0v) is 18.6. The maximum Gasteiger partial charge on any atom is 0.437 e. The average Bonchev–Trinajstić information content (AvgIpc) is 3.12. The van der Waals surface area contributed by atoms with E-state index in [0.29, 0.717) is 5.39 Å². The van der Waals surface area contributed by atoms with Crippen LogP contribution in [-0.4, -0.2) is 57.9 Å². The summed E-state index contributed by atoms with van der Waals surface area (Å²) in [6.45, 7) is 5.64. The van der Waals surface area contributed by atoms with E-state index in [1.54, 1.807) is 18.3 Å². The first-order chi connectivity index (χ1) is 15.6. The molecule has 176 valence electrons. The number of hydrogen-bond donors (Lipinski definition) is 2. The molecule has 0 aliphatic carbocycles. The normalized spacial score (nSPS) is 19.1. The number of anilines is 2. The highest BCUT2D eigenvalue weighted by Gasteiger charge is 2.38. The molecule has 4 rings (SSSR count). The van der Waals surface area contributed by atoms with E-state index in [2.05, 4.69) is 44.4 Å². The Morgan fingerprint density at radius 2 is 1.94 bits per heavy atom. The van der Waals surface area contributed by atoms with Crippen molar-refractivity contribution in [1.29, 1.82) is 0 Å². The molecule has 2 aromatic heterocycles. The molecular weight excluding hydrogens is 439 g/mol. The SMILES string of the molecule is COc1ncc2c(N3CC(C)NC(C)C3)ccc(C(=O)Nc3cn(C)nc3C(F)(F)F)c2n1. The number of piperazine rings is 1. The smallest absolute Gasteiger partial charge is 0.437 e. The zero-order chi connectivity index (χ0) is 23.9. The third-order valence-electron chi connectivity index (χ3n) is 5.38. The zero-order valence-electron chi connectivity index (χ0n) is 18.6. The summed E-state index contributed by atoms with van der Waals surface area (Å²) in [5.41, 5.74) is -0.383. The molecular formula is C21H24F3N7O2. The summed E-state index contributed by atoms with van der Waals surface area (Å²) >= 11 is 0. The van der Waals surface area contributed by atoms with E-state index in [0.717, 1.165) is 29.7 Å². The summed E-state index contributed by atoms with van der Waals surface area (Å²) in [5, 5.41) is 9.82. The van der Waals surface area contributed by atoms with Gasteiger partial charge in [0.1, 0.15) is 0 Å². The molecule has 3 heterocycles. The summed E-state index contributed by atoms with van der Waals surface area (Å²) in [6.07, 6.45) is -2.04. The van der Waals surface area contributed by atoms with Gasteiger partial charge in [-0.1, -0.05) is 0 Å². The van der Waals surface area contributed by atoms with Gasteiger partial charge in [-0.3, -0.25) is 9.48 Å². The van der Waals surface area contributed by atoms with Crippen LogP contribution in [0.25, 0.3) is 10.9 Å². The molecule has 1 aliphatic heterocycles. The Balaban J connectivity index is 1.76. The Hall–Kier alpha value is -3.41. The second kappa shape index (κ2) is 8.50.